The fourth-order valence-corrected chi connectivity index (χ4v) is 2.30. The molecule has 0 aromatic rings. The summed E-state index contributed by atoms with van der Waals surface area (Å²) in [6.07, 6.45) is 3.95. The van der Waals surface area contributed by atoms with E-state index in [2.05, 4.69) is 33.0 Å². The summed E-state index contributed by atoms with van der Waals surface area (Å²) in [7, 11) is 0. The molecule has 0 saturated heterocycles. The Hall–Kier alpha value is -0.0400. The summed E-state index contributed by atoms with van der Waals surface area (Å²) in [5.41, 5.74) is 0.579. The number of nitrogens with one attached hydrogen (secondary N) is 1. The van der Waals surface area contributed by atoms with E-state index in [9.17, 15) is 0 Å². The maximum absolute atomic E-state index is 3.64. The molecule has 0 radical (unpaired) electrons. The number of rotatable bonds is 4. The highest BCUT2D eigenvalue weighted by Gasteiger charge is 2.46. The molecule has 1 nitrogen and oxygen atoms in total. The molecule has 1 rings (SSSR count). The Morgan fingerprint density at radius 3 is 2.50 bits per heavy atom. The van der Waals surface area contributed by atoms with Crippen molar-refractivity contribution in [2.45, 2.75) is 53.0 Å². The van der Waals surface area contributed by atoms with Gasteiger partial charge in [-0.1, -0.05) is 27.7 Å². The van der Waals surface area contributed by atoms with E-state index in [1.54, 1.807) is 0 Å². The Balaban J connectivity index is 2.37. The van der Waals surface area contributed by atoms with Gasteiger partial charge < -0.3 is 5.32 Å². The summed E-state index contributed by atoms with van der Waals surface area (Å²) in [5, 5.41) is 3.64. The van der Waals surface area contributed by atoms with Crippen molar-refractivity contribution in [3.05, 3.63) is 0 Å². The quantitative estimate of drug-likeness (QED) is 0.682. The van der Waals surface area contributed by atoms with Crippen LogP contribution in [0, 0.1) is 11.3 Å². The highest BCUT2D eigenvalue weighted by Crippen LogP contribution is 2.48. The van der Waals surface area contributed by atoms with Crippen molar-refractivity contribution in [3.63, 3.8) is 0 Å². The van der Waals surface area contributed by atoms with E-state index in [4.69, 9.17) is 0 Å². The molecule has 3 atom stereocenters. The lowest BCUT2D eigenvalue weighted by atomic mass is 9.57. The van der Waals surface area contributed by atoms with Crippen LogP contribution in [0.25, 0.3) is 0 Å². The van der Waals surface area contributed by atoms with Crippen LogP contribution < -0.4 is 5.32 Å². The molecule has 0 spiro atoms. The molecule has 1 fully saturated rings. The smallest absolute Gasteiger partial charge is 0.0126 e. The molecule has 0 heterocycles. The first kappa shape index (κ1) is 10.0. The lowest BCUT2D eigenvalue weighted by Gasteiger charge is -2.53. The molecule has 0 aromatic heterocycles. The molecular weight excluding hydrogens is 146 g/mol. The van der Waals surface area contributed by atoms with Crippen LogP contribution in [-0.2, 0) is 0 Å². The fourth-order valence-electron chi connectivity index (χ4n) is 2.30. The molecule has 12 heavy (non-hydrogen) atoms. The monoisotopic (exact) mass is 169 g/mol. The highest BCUT2D eigenvalue weighted by molar-refractivity contribution is 5.01. The van der Waals surface area contributed by atoms with E-state index in [1.807, 2.05) is 0 Å². The first-order valence-electron chi connectivity index (χ1n) is 5.38. The fraction of sp³-hybridized carbons (Fsp3) is 1.00. The van der Waals surface area contributed by atoms with Gasteiger partial charge in [0, 0.05) is 6.04 Å². The van der Waals surface area contributed by atoms with E-state index in [-0.39, 0.29) is 0 Å². The van der Waals surface area contributed by atoms with Crippen LogP contribution in [0.5, 0.6) is 0 Å². The molecule has 1 heteroatoms. The normalized spacial score (nSPS) is 41.0. The van der Waals surface area contributed by atoms with Crippen molar-refractivity contribution < 1.29 is 0 Å². The molecule has 3 unspecified atom stereocenters. The van der Waals surface area contributed by atoms with Gasteiger partial charge in [-0.05, 0) is 37.1 Å². The first-order valence-corrected chi connectivity index (χ1v) is 5.38. The molecule has 0 aliphatic heterocycles. The molecule has 0 aromatic carbocycles. The summed E-state index contributed by atoms with van der Waals surface area (Å²) in [6, 6.07) is 0.789. The van der Waals surface area contributed by atoms with Crippen LogP contribution in [0.1, 0.15) is 47.0 Å². The van der Waals surface area contributed by atoms with Gasteiger partial charge in [-0.15, -0.1) is 0 Å². The third kappa shape index (κ3) is 1.52. The Morgan fingerprint density at radius 2 is 2.08 bits per heavy atom. The van der Waals surface area contributed by atoms with E-state index in [0.29, 0.717) is 5.41 Å². The Labute approximate surface area is 76.9 Å². The molecule has 1 aliphatic rings. The molecule has 1 aliphatic carbocycles. The topological polar surface area (TPSA) is 12.0 Å². The van der Waals surface area contributed by atoms with Crippen LogP contribution >= 0.6 is 0 Å². The first-order chi connectivity index (χ1) is 5.65. The molecule has 0 bridgehead atoms. The average Bonchev–Trinajstić information content (AvgIpc) is 2.10. The van der Waals surface area contributed by atoms with Crippen LogP contribution in [0.15, 0.2) is 0 Å². The summed E-state index contributed by atoms with van der Waals surface area (Å²) in [4.78, 5) is 0. The summed E-state index contributed by atoms with van der Waals surface area (Å²) in [6.45, 7) is 10.5. The largest absolute Gasteiger partial charge is 0.313 e. The SMILES string of the molecule is CCCNC1CC(C)C1(C)CC. The van der Waals surface area contributed by atoms with Gasteiger partial charge in [0.2, 0.25) is 0 Å². The van der Waals surface area contributed by atoms with Gasteiger partial charge >= 0.3 is 0 Å². The zero-order valence-corrected chi connectivity index (χ0v) is 8.98. The maximum Gasteiger partial charge on any atom is 0.0126 e. The van der Waals surface area contributed by atoms with Crippen molar-refractivity contribution >= 4 is 0 Å². The highest BCUT2D eigenvalue weighted by atomic mass is 15.0. The van der Waals surface area contributed by atoms with Crippen molar-refractivity contribution in [2.24, 2.45) is 11.3 Å². The van der Waals surface area contributed by atoms with Crippen molar-refractivity contribution in [3.8, 4) is 0 Å². The summed E-state index contributed by atoms with van der Waals surface area (Å²) >= 11 is 0. The van der Waals surface area contributed by atoms with Gasteiger partial charge in [0.25, 0.3) is 0 Å². The minimum atomic E-state index is 0.579. The van der Waals surface area contributed by atoms with Gasteiger partial charge in [-0.25, -0.2) is 0 Å². The summed E-state index contributed by atoms with van der Waals surface area (Å²) in [5.74, 6) is 0.914. The molecule has 72 valence electrons. The van der Waals surface area contributed by atoms with Crippen molar-refractivity contribution in [2.75, 3.05) is 6.54 Å². The van der Waals surface area contributed by atoms with E-state index < -0.39 is 0 Å². The molecular formula is C11H23N. The lowest BCUT2D eigenvalue weighted by molar-refractivity contribution is 0.00490. The van der Waals surface area contributed by atoms with E-state index >= 15 is 0 Å². The van der Waals surface area contributed by atoms with Gasteiger partial charge in [0.15, 0.2) is 0 Å². The Kier molecular flexibility index (Phi) is 3.16. The maximum atomic E-state index is 3.64. The molecule has 1 N–H and O–H groups in total. The van der Waals surface area contributed by atoms with Gasteiger partial charge in [-0.3, -0.25) is 0 Å². The van der Waals surface area contributed by atoms with Crippen LogP contribution in [-0.4, -0.2) is 12.6 Å². The third-order valence-electron chi connectivity index (χ3n) is 3.91. The number of hydrogen-bond acceptors (Lipinski definition) is 1. The standard InChI is InChI=1S/C11H23N/c1-5-7-12-10-8-9(3)11(10,4)6-2/h9-10,12H,5-8H2,1-4H3. The third-order valence-corrected chi connectivity index (χ3v) is 3.91. The molecule has 0 amide bonds. The average molecular weight is 169 g/mol. The summed E-state index contributed by atoms with van der Waals surface area (Å²) < 4.78 is 0. The lowest BCUT2D eigenvalue weighted by Crippen LogP contribution is -2.57. The number of hydrogen-bond donors (Lipinski definition) is 1. The van der Waals surface area contributed by atoms with Crippen molar-refractivity contribution in [1.82, 2.24) is 5.32 Å². The predicted molar refractivity (Wildman–Crippen MR) is 54.3 cm³/mol. The van der Waals surface area contributed by atoms with Gasteiger partial charge in [-0.2, -0.15) is 0 Å². The van der Waals surface area contributed by atoms with Gasteiger partial charge in [0.1, 0.15) is 0 Å². The van der Waals surface area contributed by atoms with Crippen molar-refractivity contribution in [1.29, 1.82) is 0 Å². The molecule has 1 saturated carbocycles. The van der Waals surface area contributed by atoms with Gasteiger partial charge in [0.05, 0.1) is 0 Å². The van der Waals surface area contributed by atoms with Crippen LogP contribution in [0.2, 0.25) is 0 Å². The second kappa shape index (κ2) is 3.78. The predicted octanol–water partition coefficient (Wildman–Crippen LogP) is 2.81. The van der Waals surface area contributed by atoms with Crippen LogP contribution in [0.3, 0.4) is 0 Å². The minimum Gasteiger partial charge on any atom is -0.313 e. The van der Waals surface area contributed by atoms with E-state index in [0.717, 1.165) is 12.0 Å². The zero-order chi connectivity index (χ0) is 9.19. The van der Waals surface area contributed by atoms with Crippen LogP contribution in [0.4, 0.5) is 0 Å². The zero-order valence-electron chi connectivity index (χ0n) is 8.98. The second-order valence-electron chi connectivity index (χ2n) is 4.50. The van der Waals surface area contributed by atoms with E-state index in [1.165, 1.54) is 25.8 Å². The minimum absolute atomic E-state index is 0.579. The Morgan fingerprint density at radius 1 is 1.42 bits per heavy atom. The Bertz CT molecular complexity index is 144. The second-order valence-corrected chi connectivity index (χ2v) is 4.50.